The number of halogens is 3. The standard InChI is InChI=1S/C16H9Br2F/c17-16(18)11-14-10-15(19)9-8-13(14)7-6-12-4-2-1-3-5-12/h1-5,8-11H. The zero-order valence-electron chi connectivity index (χ0n) is 9.83. The van der Waals surface area contributed by atoms with E-state index in [1.54, 1.807) is 12.1 Å². The molecule has 19 heavy (non-hydrogen) atoms. The van der Waals surface area contributed by atoms with Crippen LogP contribution >= 0.6 is 31.9 Å². The number of hydrogen-bond acceptors (Lipinski definition) is 0. The van der Waals surface area contributed by atoms with Gasteiger partial charge in [0.25, 0.3) is 0 Å². The molecule has 0 aromatic heterocycles. The van der Waals surface area contributed by atoms with Crippen molar-refractivity contribution in [2.45, 2.75) is 0 Å². The van der Waals surface area contributed by atoms with E-state index in [9.17, 15) is 4.39 Å². The van der Waals surface area contributed by atoms with Crippen molar-refractivity contribution in [3.63, 3.8) is 0 Å². The fraction of sp³-hybridized carbons (Fsp3) is 0. The first kappa shape index (κ1) is 14.0. The van der Waals surface area contributed by atoms with Crippen molar-refractivity contribution >= 4 is 37.9 Å². The zero-order valence-corrected chi connectivity index (χ0v) is 13.0. The average molecular weight is 380 g/mol. The quantitative estimate of drug-likeness (QED) is 0.588. The Kier molecular flexibility index (Phi) is 4.95. The fourth-order valence-electron chi connectivity index (χ4n) is 1.55. The van der Waals surface area contributed by atoms with Gasteiger partial charge >= 0.3 is 0 Å². The van der Waals surface area contributed by atoms with E-state index in [2.05, 4.69) is 43.7 Å². The van der Waals surface area contributed by atoms with Gasteiger partial charge in [0.05, 0.1) is 3.39 Å². The molecule has 2 rings (SSSR count). The molecule has 0 aliphatic heterocycles. The highest BCUT2D eigenvalue weighted by Crippen LogP contribution is 2.21. The Hall–Kier alpha value is -1.37. The third-order valence-corrected chi connectivity index (χ3v) is 2.85. The topological polar surface area (TPSA) is 0 Å². The molecule has 94 valence electrons. The predicted molar refractivity (Wildman–Crippen MR) is 84.7 cm³/mol. The molecule has 0 N–H and O–H groups in total. The smallest absolute Gasteiger partial charge is 0.123 e. The zero-order chi connectivity index (χ0) is 13.7. The summed E-state index contributed by atoms with van der Waals surface area (Å²) in [6, 6.07) is 14.2. The monoisotopic (exact) mass is 378 g/mol. The summed E-state index contributed by atoms with van der Waals surface area (Å²) in [5.41, 5.74) is 2.44. The highest BCUT2D eigenvalue weighted by atomic mass is 79.9. The van der Waals surface area contributed by atoms with E-state index in [1.165, 1.54) is 12.1 Å². The minimum absolute atomic E-state index is 0.280. The summed E-state index contributed by atoms with van der Waals surface area (Å²) >= 11 is 6.55. The van der Waals surface area contributed by atoms with Crippen molar-refractivity contribution in [2.24, 2.45) is 0 Å². The molecular formula is C16H9Br2F. The molecule has 0 unspecified atom stereocenters. The van der Waals surface area contributed by atoms with Crippen LogP contribution in [0, 0.1) is 17.7 Å². The van der Waals surface area contributed by atoms with Crippen molar-refractivity contribution in [3.8, 4) is 11.8 Å². The lowest BCUT2D eigenvalue weighted by Gasteiger charge is -1.99. The van der Waals surface area contributed by atoms with E-state index in [0.29, 0.717) is 0 Å². The van der Waals surface area contributed by atoms with Gasteiger partial charge in [-0.1, -0.05) is 30.0 Å². The van der Waals surface area contributed by atoms with E-state index < -0.39 is 0 Å². The van der Waals surface area contributed by atoms with E-state index in [4.69, 9.17) is 0 Å². The lowest BCUT2D eigenvalue weighted by molar-refractivity contribution is 0.627. The average Bonchev–Trinajstić information content (AvgIpc) is 2.38. The lowest BCUT2D eigenvalue weighted by atomic mass is 10.1. The molecule has 0 fully saturated rings. The van der Waals surface area contributed by atoms with Gasteiger partial charge in [0.2, 0.25) is 0 Å². The van der Waals surface area contributed by atoms with Crippen LogP contribution in [0.1, 0.15) is 16.7 Å². The predicted octanol–water partition coefficient (Wildman–Crippen LogP) is 5.31. The Bertz CT molecular complexity index is 660. The Morgan fingerprint density at radius 2 is 1.74 bits per heavy atom. The van der Waals surface area contributed by atoms with Gasteiger partial charge in [0.1, 0.15) is 5.82 Å². The van der Waals surface area contributed by atoms with Crippen LogP contribution < -0.4 is 0 Å². The summed E-state index contributed by atoms with van der Waals surface area (Å²) in [5, 5.41) is 0. The fourth-order valence-corrected chi connectivity index (χ4v) is 2.04. The second-order valence-corrected chi connectivity index (χ2v) is 6.55. The first-order valence-corrected chi connectivity index (χ1v) is 7.13. The van der Waals surface area contributed by atoms with Gasteiger partial charge in [0, 0.05) is 11.1 Å². The van der Waals surface area contributed by atoms with Gasteiger partial charge in [-0.25, -0.2) is 4.39 Å². The largest absolute Gasteiger partial charge is 0.207 e. The van der Waals surface area contributed by atoms with Crippen molar-refractivity contribution in [3.05, 3.63) is 74.4 Å². The molecule has 0 saturated heterocycles. The Morgan fingerprint density at radius 3 is 2.42 bits per heavy atom. The first-order valence-electron chi connectivity index (χ1n) is 5.54. The molecule has 0 bridgehead atoms. The molecule has 0 spiro atoms. The van der Waals surface area contributed by atoms with Gasteiger partial charge in [-0.3, -0.25) is 0 Å². The molecule has 0 saturated carbocycles. The van der Waals surface area contributed by atoms with Crippen molar-refractivity contribution in [1.82, 2.24) is 0 Å². The van der Waals surface area contributed by atoms with Crippen LogP contribution in [0.25, 0.3) is 6.08 Å². The highest BCUT2D eigenvalue weighted by molar-refractivity contribution is 9.28. The molecule has 0 atom stereocenters. The van der Waals surface area contributed by atoms with Crippen molar-refractivity contribution < 1.29 is 4.39 Å². The Balaban J connectivity index is 2.41. The minimum atomic E-state index is -0.280. The van der Waals surface area contributed by atoms with Crippen LogP contribution in [0.4, 0.5) is 4.39 Å². The normalized spacial score (nSPS) is 9.42. The van der Waals surface area contributed by atoms with Gasteiger partial charge in [-0.15, -0.1) is 0 Å². The Morgan fingerprint density at radius 1 is 1.00 bits per heavy atom. The summed E-state index contributed by atoms with van der Waals surface area (Å²) in [4.78, 5) is 0. The second-order valence-electron chi connectivity index (χ2n) is 3.78. The first-order chi connectivity index (χ1) is 9.15. The van der Waals surface area contributed by atoms with Gasteiger partial charge in [0.15, 0.2) is 0 Å². The van der Waals surface area contributed by atoms with E-state index in [0.717, 1.165) is 20.1 Å². The van der Waals surface area contributed by atoms with Gasteiger partial charge in [-0.05, 0) is 73.8 Å². The summed E-state index contributed by atoms with van der Waals surface area (Å²) in [7, 11) is 0. The summed E-state index contributed by atoms with van der Waals surface area (Å²) < 4.78 is 14.0. The van der Waals surface area contributed by atoms with Crippen LogP contribution in [-0.2, 0) is 0 Å². The van der Waals surface area contributed by atoms with Gasteiger partial charge in [-0.2, -0.15) is 0 Å². The summed E-state index contributed by atoms with van der Waals surface area (Å²) in [5.74, 6) is 5.84. The Labute approximate surface area is 128 Å². The van der Waals surface area contributed by atoms with E-state index in [1.807, 2.05) is 30.3 Å². The molecule has 0 nitrogen and oxygen atoms in total. The number of benzene rings is 2. The lowest BCUT2D eigenvalue weighted by Crippen LogP contribution is -1.85. The third-order valence-electron chi connectivity index (χ3n) is 2.39. The molecular weight excluding hydrogens is 371 g/mol. The maximum absolute atomic E-state index is 13.3. The molecule has 0 amide bonds. The van der Waals surface area contributed by atoms with Gasteiger partial charge < -0.3 is 0 Å². The highest BCUT2D eigenvalue weighted by Gasteiger charge is 2.00. The van der Waals surface area contributed by atoms with Crippen LogP contribution in [-0.4, -0.2) is 0 Å². The van der Waals surface area contributed by atoms with Crippen LogP contribution in [0.15, 0.2) is 51.9 Å². The molecule has 0 aliphatic carbocycles. The van der Waals surface area contributed by atoms with Crippen LogP contribution in [0.2, 0.25) is 0 Å². The van der Waals surface area contributed by atoms with Crippen LogP contribution in [0.3, 0.4) is 0 Å². The second kappa shape index (κ2) is 6.70. The number of hydrogen-bond donors (Lipinski definition) is 0. The van der Waals surface area contributed by atoms with Crippen molar-refractivity contribution in [2.75, 3.05) is 0 Å². The third kappa shape index (κ3) is 4.34. The molecule has 0 radical (unpaired) electrons. The SMILES string of the molecule is Fc1ccc(C#Cc2ccccc2)c(C=C(Br)Br)c1. The maximum Gasteiger partial charge on any atom is 0.123 e. The molecule has 2 aromatic carbocycles. The molecule has 0 aliphatic rings. The summed E-state index contributed by atoms with van der Waals surface area (Å²) in [6.45, 7) is 0. The minimum Gasteiger partial charge on any atom is -0.207 e. The van der Waals surface area contributed by atoms with E-state index in [-0.39, 0.29) is 5.82 Å². The number of rotatable bonds is 1. The van der Waals surface area contributed by atoms with Crippen molar-refractivity contribution in [1.29, 1.82) is 0 Å². The molecule has 3 heteroatoms. The maximum atomic E-state index is 13.3. The van der Waals surface area contributed by atoms with E-state index >= 15 is 0 Å². The molecule has 0 heterocycles. The summed E-state index contributed by atoms with van der Waals surface area (Å²) in [6.07, 6.45) is 1.78. The molecule has 2 aromatic rings. The van der Waals surface area contributed by atoms with Crippen LogP contribution in [0.5, 0.6) is 0 Å².